The molecule has 4 nitrogen and oxygen atoms in total. The molecule has 0 atom stereocenters. The van der Waals surface area contributed by atoms with Gasteiger partial charge < -0.3 is 15.7 Å². The number of carbonyl (C=O) groups excluding carboxylic acids is 1. The predicted octanol–water partition coefficient (Wildman–Crippen LogP) is 3.04. The van der Waals surface area contributed by atoms with E-state index in [0.29, 0.717) is 12.1 Å². The second kappa shape index (κ2) is 8.67. The summed E-state index contributed by atoms with van der Waals surface area (Å²) in [6.07, 6.45) is 2.67. The van der Waals surface area contributed by atoms with Crippen LogP contribution < -0.4 is 10.6 Å². The van der Waals surface area contributed by atoms with Crippen LogP contribution in [-0.2, 0) is 0 Å². The summed E-state index contributed by atoms with van der Waals surface area (Å²) < 4.78 is 0. The maximum Gasteiger partial charge on any atom is 0.253 e. The molecule has 0 aromatic heterocycles. The first-order valence-corrected chi connectivity index (χ1v) is 7.72. The molecule has 0 bridgehead atoms. The van der Waals surface area contributed by atoms with Crippen molar-refractivity contribution in [3.8, 4) is 0 Å². The van der Waals surface area contributed by atoms with Gasteiger partial charge >= 0.3 is 0 Å². The summed E-state index contributed by atoms with van der Waals surface area (Å²) in [6, 6.07) is 7.58. The van der Waals surface area contributed by atoms with Gasteiger partial charge in [0.05, 0.1) is 5.56 Å². The number of benzene rings is 1. The zero-order chi connectivity index (χ0) is 15.7. The number of aliphatic hydroxyl groups is 1. The Morgan fingerprint density at radius 2 is 2.00 bits per heavy atom. The highest BCUT2D eigenvalue weighted by Gasteiger charge is 2.19. The molecule has 0 aliphatic carbocycles. The molecule has 0 saturated heterocycles. The number of amides is 1. The third-order valence-electron chi connectivity index (χ3n) is 3.48. The van der Waals surface area contributed by atoms with Crippen LogP contribution in [0.25, 0.3) is 0 Å². The van der Waals surface area contributed by atoms with Crippen LogP contribution in [0.5, 0.6) is 0 Å². The maximum atomic E-state index is 12.3. The Hall–Kier alpha value is -1.55. The molecule has 0 heterocycles. The van der Waals surface area contributed by atoms with Crippen LogP contribution >= 0.6 is 0 Å². The van der Waals surface area contributed by atoms with E-state index in [2.05, 4.69) is 31.4 Å². The average molecular weight is 292 g/mol. The van der Waals surface area contributed by atoms with Crippen molar-refractivity contribution in [3.05, 3.63) is 29.8 Å². The monoisotopic (exact) mass is 292 g/mol. The second-order valence-electron chi connectivity index (χ2n) is 6.15. The first kappa shape index (κ1) is 17.5. The predicted molar refractivity (Wildman–Crippen MR) is 87.7 cm³/mol. The molecule has 21 heavy (non-hydrogen) atoms. The van der Waals surface area contributed by atoms with E-state index in [0.717, 1.165) is 31.5 Å². The standard InChI is InChI=1S/C17H28N2O2/c1-4-11-18-15-9-6-5-8-14(15)16(21)19-13-17(2,3)10-7-12-20/h5-6,8-9,18,20H,4,7,10-13H2,1-3H3,(H,19,21). The van der Waals surface area contributed by atoms with Crippen LogP contribution in [0.1, 0.15) is 50.4 Å². The van der Waals surface area contributed by atoms with Gasteiger partial charge in [0.2, 0.25) is 0 Å². The second-order valence-corrected chi connectivity index (χ2v) is 6.15. The van der Waals surface area contributed by atoms with Gasteiger partial charge in [0, 0.05) is 25.4 Å². The quantitative estimate of drug-likeness (QED) is 0.655. The SMILES string of the molecule is CCCNc1ccccc1C(=O)NCC(C)(C)CCCO. The highest BCUT2D eigenvalue weighted by Crippen LogP contribution is 2.21. The average Bonchev–Trinajstić information content (AvgIpc) is 2.49. The number of rotatable bonds is 9. The molecule has 1 amide bonds. The molecule has 0 aliphatic rings. The van der Waals surface area contributed by atoms with Gasteiger partial charge in [0.25, 0.3) is 5.91 Å². The zero-order valence-corrected chi connectivity index (χ0v) is 13.4. The van der Waals surface area contributed by atoms with Crippen molar-refractivity contribution in [2.24, 2.45) is 5.41 Å². The van der Waals surface area contributed by atoms with Crippen molar-refractivity contribution >= 4 is 11.6 Å². The Labute approximate surface area is 128 Å². The van der Waals surface area contributed by atoms with Gasteiger partial charge in [-0.25, -0.2) is 0 Å². The lowest BCUT2D eigenvalue weighted by Gasteiger charge is -2.25. The Morgan fingerprint density at radius 3 is 2.67 bits per heavy atom. The molecule has 118 valence electrons. The van der Waals surface area contributed by atoms with Gasteiger partial charge in [-0.15, -0.1) is 0 Å². The smallest absolute Gasteiger partial charge is 0.253 e. The van der Waals surface area contributed by atoms with Crippen molar-refractivity contribution in [3.63, 3.8) is 0 Å². The normalized spacial score (nSPS) is 11.2. The summed E-state index contributed by atoms with van der Waals surface area (Å²) in [5.74, 6) is -0.0497. The Kier molecular flexibility index (Phi) is 7.23. The number of anilines is 1. The van der Waals surface area contributed by atoms with Gasteiger partial charge in [0.15, 0.2) is 0 Å². The van der Waals surface area contributed by atoms with Gasteiger partial charge in [-0.3, -0.25) is 4.79 Å². The summed E-state index contributed by atoms with van der Waals surface area (Å²) in [5, 5.41) is 15.2. The summed E-state index contributed by atoms with van der Waals surface area (Å²) in [6.45, 7) is 7.95. The molecule has 0 aliphatic heterocycles. The van der Waals surface area contributed by atoms with Gasteiger partial charge in [-0.05, 0) is 36.8 Å². The molecular weight excluding hydrogens is 264 g/mol. The summed E-state index contributed by atoms with van der Waals surface area (Å²) in [4.78, 5) is 12.3. The van der Waals surface area contributed by atoms with Crippen molar-refractivity contribution < 1.29 is 9.90 Å². The minimum atomic E-state index is -0.0497. The van der Waals surface area contributed by atoms with Crippen LogP contribution in [0.4, 0.5) is 5.69 Å². The topological polar surface area (TPSA) is 61.4 Å². The van der Waals surface area contributed by atoms with E-state index in [1.54, 1.807) is 0 Å². The molecule has 0 saturated carbocycles. The molecule has 1 aromatic rings. The largest absolute Gasteiger partial charge is 0.396 e. The molecular formula is C17H28N2O2. The fourth-order valence-electron chi connectivity index (χ4n) is 2.16. The number of nitrogens with one attached hydrogen (secondary N) is 2. The minimum Gasteiger partial charge on any atom is -0.396 e. The summed E-state index contributed by atoms with van der Waals surface area (Å²) >= 11 is 0. The first-order valence-electron chi connectivity index (χ1n) is 7.72. The molecule has 4 heteroatoms. The van der Waals surface area contributed by atoms with Crippen LogP contribution in [0.3, 0.4) is 0 Å². The summed E-state index contributed by atoms with van der Waals surface area (Å²) in [5.41, 5.74) is 1.55. The minimum absolute atomic E-state index is 0.00974. The van der Waals surface area contributed by atoms with Gasteiger partial charge in [0.1, 0.15) is 0 Å². The third kappa shape index (κ3) is 6.17. The van der Waals surface area contributed by atoms with E-state index in [4.69, 9.17) is 5.11 Å². The maximum absolute atomic E-state index is 12.3. The molecule has 0 fully saturated rings. The van der Waals surface area contributed by atoms with Gasteiger partial charge in [-0.1, -0.05) is 32.9 Å². The Bertz CT molecular complexity index is 444. The van der Waals surface area contributed by atoms with E-state index >= 15 is 0 Å². The van der Waals surface area contributed by atoms with Crippen LogP contribution in [0, 0.1) is 5.41 Å². The number of hydrogen-bond acceptors (Lipinski definition) is 3. The van der Waals surface area contributed by atoms with E-state index in [1.165, 1.54) is 0 Å². The number of hydrogen-bond donors (Lipinski definition) is 3. The Morgan fingerprint density at radius 1 is 1.29 bits per heavy atom. The highest BCUT2D eigenvalue weighted by atomic mass is 16.2. The zero-order valence-electron chi connectivity index (χ0n) is 13.4. The molecule has 0 radical (unpaired) electrons. The lowest BCUT2D eigenvalue weighted by Crippen LogP contribution is -2.34. The molecule has 0 spiro atoms. The summed E-state index contributed by atoms with van der Waals surface area (Å²) in [7, 11) is 0. The van der Waals surface area contributed by atoms with E-state index in [-0.39, 0.29) is 17.9 Å². The highest BCUT2D eigenvalue weighted by molar-refractivity contribution is 5.99. The van der Waals surface area contributed by atoms with Crippen molar-refractivity contribution in [2.45, 2.75) is 40.0 Å². The van der Waals surface area contributed by atoms with E-state index < -0.39 is 0 Å². The van der Waals surface area contributed by atoms with Gasteiger partial charge in [-0.2, -0.15) is 0 Å². The Balaban J connectivity index is 2.63. The fraction of sp³-hybridized carbons (Fsp3) is 0.588. The van der Waals surface area contributed by atoms with Crippen LogP contribution in [0.15, 0.2) is 24.3 Å². The van der Waals surface area contributed by atoms with Crippen molar-refractivity contribution in [1.29, 1.82) is 0 Å². The lowest BCUT2D eigenvalue weighted by molar-refractivity contribution is 0.0933. The van der Waals surface area contributed by atoms with E-state index in [9.17, 15) is 4.79 Å². The first-order chi connectivity index (χ1) is 10.00. The molecule has 3 N–H and O–H groups in total. The number of para-hydroxylation sites is 1. The van der Waals surface area contributed by atoms with Crippen molar-refractivity contribution in [2.75, 3.05) is 25.0 Å². The van der Waals surface area contributed by atoms with Crippen LogP contribution in [-0.4, -0.2) is 30.7 Å². The number of carbonyl (C=O) groups is 1. The van der Waals surface area contributed by atoms with Crippen LogP contribution in [0.2, 0.25) is 0 Å². The third-order valence-corrected chi connectivity index (χ3v) is 3.48. The molecule has 1 aromatic carbocycles. The lowest BCUT2D eigenvalue weighted by atomic mass is 9.88. The number of aliphatic hydroxyl groups excluding tert-OH is 1. The molecule has 1 rings (SSSR count). The molecule has 0 unspecified atom stereocenters. The van der Waals surface area contributed by atoms with Crippen molar-refractivity contribution in [1.82, 2.24) is 5.32 Å². The van der Waals surface area contributed by atoms with E-state index in [1.807, 2.05) is 24.3 Å². The fourth-order valence-corrected chi connectivity index (χ4v) is 2.16.